The van der Waals surface area contributed by atoms with Crippen molar-refractivity contribution in [1.82, 2.24) is 9.97 Å². The van der Waals surface area contributed by atoms with Gasteiger partial charge in [-0.2, -0.15) is 13.2 Å². The number of hydrogen-bond acceptors (Lipinski definition) is 3. The summed E-state index contributed by atoms with van der Waals surface area (Å²) in [5.74, 6) is -0.0776. The molecular weight excluding hydrogens is 343 g/mol. The van der Waals surface area contributed by atoms with Crippen molar-refractivity contribution in [2.45, 2.75) is 25.9 Å². The maximum absolute atomic E-state index is 12.9. The Kier molecular flexibility index (Phi) is 4.88. The van der Waals surface area contributed by atoms with E-state index in [0.717, 1.165) is 11.6 Å². The van der Waals surface area contributed by atoms with Gasteiger partial charge in [0.2, 0.25) is 5.91 Å². The van der Waals surface area contributed by atoms with E-state index in [-0.39, 0.29) is 23.8 Å². The van der Waals surface area contributed by atoms with E-state index >= 15 is 0 Å². The minimum Gasteiger partial charge on any atom is -0.311 e. The Balaban J connectivity index is 1.76. The lowest BCUT2D eigenvalue weighted by atomic mass is 10.1. The van der Waals surface area contributed by atoms with Gasteiger partial charge < -0.3 is 5.32 Å². The first-order valence-corrected chi connectivity index (χ1v) is 8.02. The van der Waals surface area contributed by atoms with E-state index in [1.807, 2.05) is 30.3 Å². The molecule has 2 heterocycles. The van der Waals surface area contributed by atoms with Crippen LogP contribution in [0.15, 0.2) is 48.5 Å². The number of hydrogen-bond donors (Lipinski definition) is 1. The van der Waals surface area contributed by atoms with Crippen LogP contribution in [0.1, 0.15) is 23.2 Å². The predicted octanol–water partition coefficient (Wildman–Crippen LogP) is 4.53. The van der Waals surface area contributed by atoms with Gasteiger partial charge in [0.15, 0.2) is 5.65 Å². The molecule has 0 atom stereocenters. The highest BCUT2D eigenvalue weighted by Crippen LogP contribution is 2.30. The molecule has 0 fully saturated rings. The lowest BCUT2D eigenvalue weighted by Crippen LogP contribution is -2.14. The third-order valence-corrected chi connectivity index (χ3v) is 3.92. The first-order chi connectivity index (χ1) is 12.3. The maximum Gasteiger partial charge on any atom is 0.433 e. The highest BCUT2D eigenvalue weighted by Gasteiger charge is 2.33. The monoisotopic (exact) mass is 359 g/mol. The van der Waals surface area contributed by atoms with Gasteiger partial charge in [0.05, 0.1) is 0 Å². The Morgan fingerprint density at radius 2 is 1.81 bits per heavy atom. The van der Waals surface area contributed by atoms with Gasteiger partial charge in [0.25, 0.3) is 0 Å². The highest BCUT2D eigenvalue weighted by molar-refractivity contribution is 5.91. The fourth-order valence-electron chi connectivity index (χ4n) is 2.59. The number of anilines is 1. The van der Waals surface area contributed by atoms with Gasteiger partial charge in [-0.25, -0.2) is 9.97 Å². The number of amides is 1. The third kappa shape index (κ3) is 4.17. The van der Waals surface area contributed by atoms with Crippen molar-refractivity contribution in [1.29, 1.82) is 0 Å². The summed E-state index contributed by atoms with van der Waals surface area (Å²) in [6, 6.07) is 13.7. The molecule has 0 saturated heterocycles. The molecule has 2 aromatic heterocycles. The Morgan fingerprint density at radius 3 is 2.50 bits per heavy atom. The lowest BCUT2D eigenvalue weighted by Gasteiger charge is -2.10. The van der Waals surface area contributed by atoms with Crippen molar-refractivity contribution in [2.75, 3.05) is 5.32 Å². The number of nitrogens with zero attached hydrogens (tertiary/aromatic N) is 2. The zero-order valence-electron chi connectivity index (χ0n) is 14.0. The Hall–Kier alpha value is -2.96. The van der Waals surface area contributed by atoms with E-state index < -0.39 is 11.9 Å². The zero-order chi connectivity index (χ0) is 18.7. The van der Waals surface area contributed by atoms with Gasteiger partial charge in [-0.05, 0) is 42.7 Å². The predicted molar refractivity (Wildman–Crippen MR) is 92.7 cm³/mol. The molecule has 0 aliphatic heterocycles. The van der Waals surface area contributed by atoms with Crippen LogP contribution in [0.2, 0.25) is 0 Å². The third-order valence-electron chi connectivity index (χ3n) is 3.92. The average Bonchev–Trinajstić information content (AvgIpc) is 2.60. The Labute approximate surface area is 148 Å². The number of aryl methyl sites for hydroxylation is 2. The average molecular weight is 359 g/mol. The molecule has 0 aliphatic rings. The fourth-order valence-corrected chi connectivity index (χ4v) is 2.59. The quantitative estimate of drug-likeness (QED) is 0.745. The molecule has 0 radical (unpaired) electrons. The maximum atomic E-state index is 12.9. The number of pyridine rings is 2. The molecule has 134 valence electrons. The van der Waals surface area contributed by atoms with Crippen molar-refractivity contribution in [2.24, 2.45) is 0 Å². The summed E-state index contributed by atoms with van der Waals surface area (Å²) in [7, 11) is 0. The largest absolute Gasteiger partial charge is 0.433 e. The molecule has 0 spiro atoms. The molecular formula is C19H16F3N3O. The van der Waals surface area contributed by atoms with Crippen LogP contribution in [0.25, 0.3) is 11.0 Å². The first-order valence-electron chi connectivity index (χ1n) is 8.02. The van der Waals surface area contributed by atoms with Crippen LogP contribution in [0, 0.1) is 6.92 Å². The van der Waals surface area contributed by atoms with E-state index in [4.69, 9.17) is 0 Å². The minimum absolute atomic E-state index is 0.0433. The molecule has 0 bridgehead atoms. The van der Waals surface area contributed by atoms with Crippen LogP contribution >= 0.6 is 0 Å². The number of carbonyl (C=O) groups is 1. The Bertz CT molecular complexity index is 940. The van der Waals surface area contributed by atoms with Crippen LogP contribution in [-0.4, -0.2) is 15.9 Å². The second-order valence-corrected chi connectivity index (χ2v) is 5.92. The number of carbonyl (C=O) groups excluding carboxylic acids is 1. The highest BCUT2D eigenvalue weighted by atomic mass is 19.4. The van der Waals surface area contributed by atoms with Gasteiger partial charge in [0, 0.05) is 11.8 Å². The van der Waals surface area contributed by atoms with Gasteiger partial charge in [-0.1, -0.05) is 30.3 Å². The topological polar surface area (TPSA) is 54.9 Å². The van der Waals surface area contributed by atoms with Crippen LogP contribution in [0.3, 0.4) is 0 Å². The molecule has 7 heteroatoms. The van der Waals surface area contributed by atoms with Crippen LogP contribution in [-0.2, 0) is 17.4 Å². The summed E-state index contributed by atoms with van der Waals surface area (Å²) in [6.07, 6.45) is -3.73. The molecule has 26 heavy (non-hydrogen) atoms. The van der Waals surface area contributed by atoms with E-state index in [9.17, 15) is 18.0 Å². The number of aromatic nitrogens is 2. The number of fused-ring (bicyclic) bond motifs is 1. The van der Waals surface area contributed by atoms with Crippen molar-refractivity contribution in [3.63, 3.8) is 0 Å². The molecule has 0 saturated carbocycles. The van der Waals surface area contributed by atoms with Gasteiger partial charge >= 0.3 is 6.18 Å². The molecule has 3 rings (SSSR count). The number of alkyl halides is 3. The van der Waals surface area contributed by atoms with Gasteiger partial charge in [-0.15, -0.1) is 0 Å². The van der Waals surface area contributed by atoms with Gasteiger partial charge in [0.1, 0.15) is 11.5 Å². The summed E-state index contributed by atoms with van der Waals surface area (Å²) in [5.41, 5.74) is 0.416. The summed E-state index contributed by atoms with van der Waals surface area (Å²) in [5, 5.41) is 3.12. The molecule has 1 aromatic carbocycles. The molecule has 0 aliphatic carbocycles. The molecule has 1 amide bonds. The summed E-state index contributed by atoms with van der Waals surface area (Å²) >= 11 is 0. The standard InChI is InChI=1S/C19H16F3N3O/c1-12-11-15(19(20,21)22)23-18-14(12)8-9-16(25-18)24-17(26)10-7-13-5-3-2-4-6-13/h2-6,8-9,11H,7,10H2,1H3,(H,23,24,25,26). The first kappa shape index (κ1) is 17.8. The van der Waals surface area contributed by atoms with Crippen molar-refractivity contribution in [3.8, 4) is 0 Å². The van der Waals surface area contributed by atoms with Crippen molar-refractivity contribution >= 4 is 22.8 Å². The molecule has 0 unspecified atom stereocenters. The second-order valence-electron chi connectivity index (χ2n) is 5.92. The lowest BCUT2D eigenvalue weighted by molar-refractivity contribution is -0.141. The number of benzene rings is 1. The summed E-state index contributed by atoms with van der Waals surface area (Å²) < 4.78 is 38.7. The van der Waals surface area contributed by atoms with E-state index in [0.29, 0.717) is 17.4 Å². The number of halogens is 3. The summed E-state index contributed by atoms with van der Waals surface area (Å²) in [6.45, 7) is 1.57. The molecule has 4 nitrogen and oxygen atoms in total. The molecule has 1 N–H and O–H groups in total. The van der Waals surface area contributed by atoms with E-state index in [1.54, 1.807) is 19.1 Å². The summed E-state index contributed by atoms with van der Waals surface area (Å²) in [4.78, 5) is 19.7. The number of nitrogens with one attached hydrogen (secondary N) is 1. The molecule has 3 aromatic rings. The second kappa shape index (κ2) is 7.11. The van der Waals surface area contributed by atoms with Crippen LogP contribution in [0.4, 0.5) is 19.0 Å². The normalized spacial score (nSPS) is 11.5. The zero-order valence-corrected chi connectivity index (χ0v) is 14.0. The van der Waals surface area contributed by atoms with E-state index in [2.05, 4.69) is 15.3 Å². The van der Waals surface area contributed by atoms with Gasteiger partial charge in [-0.3, -0.25) is 4.79 Å². The van der Waals surface area contributed by atoms with Crippen molar-refractivity contribution in [3.05, 3.63) is 65.4 Å². The smallest absolute Gasteiger partial charge is 0.311 e. The van der Waals surface area contributed by atoms with E-state index in [1.165, 1.54) is 0 Å². The van der Waals surface area contributed by atoms with Crippen LogP contribution in [0.5, 0.6) is 0 Å². The van der Waals surface area contributed by atoms with Crippen LogP contribution < -0.4 is 5.32 Å². The SMILES string of the molecule is Cc1cc(C(F)(F)F)nc2nc(NC(=O)CCc3ccccc3)ccc12. The number of rotatable bonds is 4. The minimum atomic E-state index is -4.55. The Morgan fingerprint density at radius 1 is 1.08 bits per heavy atom. The fraction of sp³-hybridized carbons (Fsp3) is 0.211. The van der Waals surface area contributed by atoms with Crippen molar-refractivity contribution < 1.29 is 18.0 Å².